The van der Waals surface area contributed by atoms with Gasteiger partial charge in [-0.25, -0.2) is 0 Å². The number of hydrogen-bond donors (Lipinski definition) is 1. The molecular formula is C18H25N3O2. The van der Waals surface area contributed by atoms with Crippen molar-refractivity contribution >= 4 is 5.91 Å². The average Bonchev–Trinajstić information content (AvgIpc) is 2.97. The number of fused-ring (bicyclic) bond motifs is 1. The lowest BCUT2D eigenvalue weighted by Crippen LogP contribution is -2.50. The molecule has 1 amide bonds. The Hall–Kier alpha value is -1.69. The minimum absolute atomic E-state index is 0.0538. The molecule has 0 radical (unpaired) electrons. The van der Waals surface area contributed by atoms with Crippen LogP contribution in [0.5, 0.6) is 0 Å². The number of likely N-dealkylation sites (tertiary alicyclic amines) is 1. The molecule has 2 aliphatic heterocycles. The minimum Gasteiger partial charge on any atom is -0.374 e. The predicted molar refractivity (Wildman–Crippen MR) is 90.0 cm³/mol. The summed E-state index contributed by atoms with van der Waals surface area (Å²) in [6.07, 6.45) is 1.91. The first kappa shape index (κ1) is 16.2. The number of carbonyl (C=O) groups excluding carboxylic acids is 1. The van der Waals surface area contributed by atoms with Crippen LogP contribution >= 0.6 is 0 Å². The van der Waals surface area contributed by atoms with Gasteiger partial charge in [-0.15, -0.1) is 6.58 Å². The fourth-order valence-corrected chi connectivity index (χ4v) is 3.42. The van der Waals surface area contributed by atoms with Crippen LogP contribution in [0.3, 0.4) is 0 Å². The van der Waals surface area contributed by atoms with Crippen molar-refractivity contribution in [3.05, 3.63) is 48.6 Å². The van der Waals surface area contributed by atoms with E-state index in [0.717, 1.165) is 32.8 Å². The molecule has 2 heterocycles. The Morgan fingerprint density at radius 3 is 2.96 bits per heavy atom. The summed E-state index contributed by atoms with van der Waals surface area (Å²) in [5.41, 5.74) is 1.33. The van der Waals surface area contributed by atoms with Gasteiger partial charge >= 0.3 is 0 Å². The first-order valence-electron chi connectivity index (χ1n) is 8.26. The fraction of sp³-hybridized carbons (Fsp3) is 0.500. The van der Waals surface area contributed by atoms with E-state index in [1.165, 1.54) is 5.56 Å². The highest BCUT2D eigenvalue weighted by molar-refractivity contribution is 5.78. The fourth-order valence-electron chi connectivity index (χ4n) is 3.42. The summed E-state index contributed by atoms with van der Waals surface area (Å²) < 4.78 is 5.93. The Balaban J connectivity index is 1.57. The van der Waals surface area contributed by atoms with Crippen molar-refractivity contribution in [1.29, 1.82) is 0 Å². The second-order valence-corrected chi connectivity index (χ2v) is 6.22. The largest absolute Gasteiger partial charge is 0.374 e. The Kier molecular flexibility index (Phi) is 5.43. The SMILES string of the molecule is C=CCNC(=O)CN1C[C@H]2OCCN(Cc3ccccc3)[C@H]2C1. The molecule has 2 saturated heterocycles. The van der Waals surface area contributed by atoms with Crippen LogP contribution in [0.15, 0.2) is 43.0 Å². The number of carbonyl (C=O) groups is 1. The van der Waals surface area contributed by atoms with Gasteiger partial charge < -0.3 is 10.1 Å². The third-order valence-electron chi connectivity index (χ3n) is 4.53. The van der Waals surface area contributed by atoms with Crippen molar-refractivity contribution in [1.82, 2.24) is 15.1 Å². The molecule has 0 aromatic heterocycles. The van der Waals surface area contributed by atoms with Crippen LogP contribution in [0.2, 0.25) is 0 Å². The van der Waals surface area contributed by atoms with Crippen molar-refractivity contribution in [2.75, 3.05) is 39.3 Å². The van der Waals surface area contributed by atoms with Gasteiger partial charge in [-0.2, -0.15) is 0 Å². The topological polar surface area (TPSA) is 44.8 Å². The number of morpholine rings is 1. The molecule has 3 rings (SSSR count). The van der Waals surface area contributed by atoms with Gasteiger partial charge in [0, 0.05) is 32.7 Å². The summed E-state index contributed by atoms with van der Waals surface area (Å²) in [4.78, 5) is 16.6. The summed E-state index contributed by atoms with van der Waals surface area (Å²) >= 11 is 0. The Morgan fingerprint density at radius 2 is 2.17 bits per heavy atom. The molecular weight excluding hydrogens is 290 g/mol. The molecule has 0 unspecified atom stereocenters. The lowest BCUT2D eigenvalue weighted by atomic mass is 10.1. The van der Waals surface area contributed by atoms with Crippen molar-refractivity contribution < 1.29 is 9.53 Å². The van der Waals surface area contributed by atoms with Gasteiger partial charge in [0.15, 0.2) is 0 Å². The van der Waals surface area contributed by atoms with Gasteiger partial charge in [0.25, 0.3) is 0 Å². The summed E-state index contributed by atoms with van der Waals surface area (Å²) in [5.74, 6) is 0.0538. The van der Waals surface area contributed by atoms with Crippen LogP contribution in [0, 0.1) is 0 Å². The standard InChI is InChI=1S/C18H25N3O2/c1-2-8-19-18(22)14-20-12-16-17(13-20)23-10-9-21(16)11-15-6-4-3-5-7-15/h2-7,16-17H,1,8-14H2,(H,19,22)/t16-,17+/m0/s1. The van der Waals surface area contributed by atoms with E-state index in [4.69, 9.17) is 4.74 Å². The summed E-state index contributed by atoms with van der Waals surface area (Å²) in [5, 5.41) is 2.84. The monoisotopic (exact) mass is 315 g/mol. The highest BCUT2D eigenvalue weighted by Gasteiger charge is 2.40. The van der Waals surface area contributed by atoms with E-state index in [-0.39, 0.29) is 12.0 Å². The van der Waals surface area contributed by atoms with Gasteiger partial charge in [0.2, 0.25) is 5.91 Å². The van der Waals surface area contributed by atoms with E-state index in [1.807, 2.05) is 6.07 Å². The number of rotatable bonds is 6. The highest BCUT2D eigenvalue weighted by atomic mass is 16.5. The zero-order chi connectivity index (χ0) is 16.1. The first-order valence-corrected chi connectivity index (χ1v) is 8.26. The van der Waals surface area contributed by atoms with Crippen LogP contribution in [0.1, 0.15) is 5.56 Å². The van der Waals surface area contributed by atoms with Gasteiger partial charge in [-0.3, -0.25) is 14.6 Å². The molecule has 124 valence electrons. The smallest absolute Gasteiger partial charge is 0.234 e. The van der Waals surface area contributed by atoms with E-state index in [9.17, 15) is 4.79 Å². The number of nitrogens with one attached hydrogen (secondary N) is 1. The first-order chi connectivity index (χ1) is 11.3. The van der Waals surface area contributed by atoms with Crippen molar-refractivity contribution in [3.63, 3.8) is 0 Å². The van der Waals surface area contributed by atoms with Crippen LogP contribution < -0.4 is 5.32 Å². The molecule has 1 N–H and O–H groups in total. The lowest BCUT2D eigenvalue weighted by Gasteiger charge is -2.37. The summed E-state index contributed by atoms with van der Waals surface area (Å²) in [6, 6.07) is 10.9. The minimum atomic E-state index is 0.0538. The molecule has 1 aromatic carbocycles. The zero-order valence-corrected chi connectivity index (χ0v) is 13.5. The molecule has 1 aromatic rings. The molecule has 5 nitrogen and oxygen atoms in total. The van der Waals surface area contributed by atoms with Gasteiger partial charge in [-0.05, 0) is 5.56 Å². The maximum Gasteiger partial charge on any atom is 0.234 e. The number of ether oxygens (including phenoxy) is 1. The van der Waals surface area contributed by atoms with E-state index < -0.39 is 0 Å². The van der Waals surface area contributed by atoms with E-state index in [2.05, 4.69) is 46.0 Å². The molecule has 0 aliphatic carbocycles. The molecule has 0 saturated carbocycles. The molecule has 0 spiro atoms. The van der Waals surface area contributed by atoms with Crippen LogP contribution in [-0.2, 0) is 16.1 Å². The van der Waals surface area contributed by atoms with Gasteiger partial charge in [0.1, 0.15) is 0 Å². The Bertz CT molecular complexity index is 534. The van der Waals surface area contributed by atoms with Gasteiger partial charge in [-0.1, -0.05) is 36.4 Å². The molecule has 5 heteroatoms. The van der Waals surface area contributed by atoms with Gasteiger partial charge in [0.05, 0.1) is 25.3 Å². The van der Waals surface area contributed by atoms with Crippen LogP contribution in [0.25, 0.3) is 0 Å². The number of nitrogens with zero attached hydrogens (tertiary/aromatic N) is 2. The van der Waals surface area contributed by atoms with Crippen molar-refractivity contribution in [2.45, 2.75) is 18.7 Å². The second kappa shape index (κ2) is 7.73. The second-order valence-electron chi connectivity index (χ2n) is 6.22. The van der Waals surface area contributed by atoms with E-state index >= 15 is 0 Å². The number of benzene rings is 1. The predicted octanol–water partition coefficient (Wildman–Crippen LogP) is 0.874. The maximum absolute atomic E-state index is 11.9. The molecule has 2 atom stereocenters. The Morgan fingerprint density at radius 1 is 1.35 bits per heavy atom. The third kappa shape index (κ3) is 4.19. The Labute approximate surface area is 137 Å². The van der Waals surface area contributed by atoms with Crippen molar-refractivity contribution in [2.24, 2.45) is 0 Å². The quantitative estimate of drug-likeness (QED) is 0.792. The maximum atomic E-state index is 11.9. The summed E-state index contributed by atoms with van der Waals surface area (Å²) in [6.45, 7) is 8.96. The number of amides is 1. The third-order valence-corrected chi connectivity index (χ3v) is 4.53. The highest BCUT2D eigenvalue weighted by Crippen LogP contribution is 2.24. The van der Waals surface area contributed by atoms with Crippen LogP contribution in [-0.4, -0.2) is 67.2 Å². The molecule has 0 bridgehead atoms. The zero-order valence-electron chi connectivity index (χ0n) is 13.5. The molecule has 2 aliphatic rings. The normalized spacial score (nSPS) is 25.0. The summed E-state index contributed by atoms with van der Waals surface area (Å²) in [7, 11) is 0. The van der Waals surface area contributed by atoms with E-state index in [0.29, 0.717) is 19.1 Å². The van der Waals surface area contributed by atoms with E-state index in [1.54, 1.807) is 6.08 Å². The average molecular weight is 315 g/mol. The molecule has 2 fully saturated rings. The van der Waals surface area contributed by atoms with Crippen LogP contribution in [0.4, 0.5) is 0 Å². The number of hydrogen-bond acceptors (Lipinski definition) is 4. The molecule has 23 heavy (non-hydrogen) atoms. The lowest BCUT2D eigenvalue weighted by molar-refractivity contribution is -0.121. The van der Waals surface area contributed by atoms with Crippen molar-refractivity contribution in [3.8, 4) is 0 Å².